The van der Waals surface area contributed by atoms with Crippen molar-refractivity contribution in [3.63, 3.8) is 0 Å². The second-order valence-corrected chi connectivity index (χ2v) is 13.4. The van der Waals surface area contributed by atoms with Gasteiger partial charge in [-0.3, -0.25) is 9.59 Å². The van der Waals surface area contributed by atoms with Crippen molar-refractivity contribution in [3.05, 3.63) is 114 Å². The Balaban J connectivity index is 1.69. The molecule has 1 N–H and O–H groups in total. The first-order valence-electron chi connectivity index (χ1n) is 13.7. The molecule has 4 aromatic carbocycles. The van der Waals surface area contributed by atoms with E-state index >= 15 is 0 Å². The highest BCUT2D eigenvalue weighted by atomic mass is 32.2. The summed E-state index contributed by atoms with van der Waals surface area (Å²) in [7, 11) is -2.74. The van der Waals surface area contributed by atoms with Gasteiger partial charge in [-0.1, -0.05) is 78.9 Å². The molecule has 220 valence electrons. The minimum atomic E-state index is -4.06. The lowest BCUT2D eigenvalue weighted by Gasteiger charge is -2.34. The molecular formula is C33H36FN3O4S. The lowest BCUT2D eigenvalue weighted by Crippen LogP contribution is -2.56. The summed E-state index contributed by atoms with van der Waals surface area (Å²) in [5.74, 6) is -1.58. The fourth-order valence-electron chi connectivity index (χ4n) is 4.69. The van der Waals surface area contributed by atoms with Crippen molar-refractivity contribution in [2.75, 3.05) is 13.6 Å². The van der Waals surface area contributed by atoms with Crippen molar-refractivity contribution in [2.24, 2.45) is 0 Å². The van der Waals surface area contributed by atoms with Crippen molar-refractivity contribution in [1.82, 2.24) is 14.5 Å². The van der Waals surface area contributed by atoms with E-state index < -0.39 is 45.8 Å². The van der Waals surface area contributed by atoms with E-state index in [-0.39, 0.29) is 23.4 Å². The predicted octanol–water partition coefficient (Wildman–Crippen LogP) is 5.15. The van der Waals surface area contributed by atoms with Crippen LogP contribution in [-0.4, -0.2) is 54.6 Å². The first kappa shape index (κ1) is 30.9. The molecule has 2 amide bonds. The number of sulfonamides is 1. The van der Waals surface area contributed by atoms with Crippen LogP contribution in [0.3, 0.4) is 0 Å². The summed E-state index contributed by atoms with van der Waals surface area (Å²) in [6.07, 6.45) is 0.157. The number of nitrogens with zero attached hydrogens (tertiary/aromatic N) is 2. The summed E-state index contributed by atoms with van der Waals surface area (Å²) >= 11 is 0. The largest absolute Gasteiger partial charge is 0.350 e. The number of halogens is 1. The topological polar surface area (TPSA) is 86.8 Å². The number of carbonyl (C=O) groups is 2. The van der Waals surface area contributed by atoms with E-state index in [0.717, 1.165) is 20.6 Å². The molecule has 0 spiro atoms. The lowest BCUT2D eigenvalue weighted by atomic mass is 10.0. The fourth-order valence-corrected chi connectivity index (χ4v) is 5.85. The van der Waals surface area contributed by atoms with Gasteiger partial charge in [0.1, 0.15) is 11.9 Å². The van der Waals surface area contributed by atoms with E-state index in [2.05, 4.69) is 5.32 Å². The van der Waals surface area contributed by atoms with Crippen molar-refractivity contribution < 1.29 is 22.4 Å². The van der Waals surface area contributed by atoms with Crippen LogP contribution in [-0.2, 0) is 32.6 Å². The molecule has 0 aliphatic carbocycles. The van der Waals surface area contributed by atoms with E-state index in [0.29, 0.717) is 0 Å². The molecule has 0 fully saturated rings. The van der Waals surface area contributed by atoms with Crippen LogP contribution in [0.2, 0.25) is 0 Å². The van der Waals surface area contributed by atoms with Crippen LogP contribution in [0.25, 0.3) is 10.8 Å². The summed E-state index contributed by atoms with van der Waals surface area (Å²) < 4.78 is 42.9. The second-order valence-electron chi connectivity index (χ2n) is 11.3. The Morgan fingerprint density at radius 1 is 0.857 bits per heavy atom. The van der Waals surface area contributed by atoms with Crippen LogP contribution in [0.4, 0.5) is 4.39 Å². The van der Waals surface area contributed by atoms with Crippen LogP contribution in [0, 0.1) is 5.82 Å². The van der Waals surface area contributed by atoms with Crippen LogP contribution >= 0.6 is 0 Å². The second kappa shape index (κ2) is 12.8. The SMILES string of the molecule is CN(CC(=O)N(Cc1ccccc1F)[C@@H](Cc1ccccc1)C(=O)NC(C)(C)C)S(=O)(=O)c1ccc2ccccc2c1. The third-order valence-corrected chi connectivity index (χ3v) is 8.65. The highest BCUT2D eigenvalue weighted by molar-refractivity contribution is 7.89. The molecule has 42 heavy (non-hydrogen) atoms. The Morgan fingerprint density at radius 3 is 2.14 bits per heavy atom. The van der Waals surface area contributed by atoms with Crippen molar-refractivity contribution >= 4 is 32.6 Å². The van der Waals surface area contributed by atoms with Crippen molar-refractivity contribution in [2.45, 2.75) is 50.2 Å². The lowest BCUT2D eigenvalue weighted by molar-refractivity contribution is -0.142. The first-order chi connectivity index (χ1) is 19.8. The Morgan fingerprint density at radius 2 is 1.48 bits per heavy atom. The fraction of sp³-hybridized carbons (Fsp3) is 0.273. The molecule has 0 bridgehead atoms. The van der Waals surface area contributed by atoms with E-state index in [1.807, 2.05) is 75.4 Å². The molecule has 0 heterocycles. The number of carbonyl (C=O) groups excluding carboxylic acids is 2. The Hall–Kier alpha value is -4.08. The van der Waals surface area contributed by atoms with Gasteiger partial charge in [-0.2, -0.15) is 4.31 Å². The third kappa shape index (κ3) is 7.60. The number of hydrogen-bond acceptors (Lipinski definition) is 4. The van der Waals surface area contributed by atoms with Gasteiger partial charge in [0.25, 0.3) is 0 Å². The minimum Gasteiger partial charge on any atom is -0.350 e. The molecule has 4 rings (SSSR count). The van der Waals surface area contributed by atoms with Gasteiger partial charge in [0.2, 0.25) is 21.8 Å². The van der Waals surface area contributed by atoms with Crippen LogP contribution in [0.5, 0.6) is 0 Å². The zero-order valence-corrected chi connectivity index (χ0v) is 25.1. The van der Waals surface area contributed by atoms with Gasteiger partial charge < -0.3 is 10.2 Å². The molecule has 0 aliphatic rings. The quantitative estimate of drug-likeness (QED) is 0.277. The highest BCUT2D eigenvalue weighted by Crippen LogP contribution is 2.23. The molecule has 0 aromatic heterocycles. The summed E-state index contributed by atoms with van der Waals surface area (Å²) in [6, 6.07) is 26.4. The van der Waals surface area contributed by atoms with Crippen LogP contribution < -0.4 is 5.32 Å². The van der Waals surface area contributed by atoms with Gasteiger partial charge >= 0.3 is 0 Å². The number of benzene rings is 4. The molecule has 0 aliphatic heterocycles. The normalized spacial score (nSPS) is 12.7. The average Bonchev–Trinajstić information content (AvgIpc) is 2.95. The highest BCUT2D eigenvalue weighted by Gasteiger charge is 2.34. The number of rotatable bonds is 10. The number of likely N-dealkylation sites (N-methyl/N-ethyl adjacent to an activating group) is 1. The number of nitrogens with one attached hydrogen (secondary N) is 1. The van der Waals surface area contributed by atoms with Crippen LogP contribution in [0.1, 0.15) is 31.9 Å². The van der Waals surface area contributed by atoms with Crippen molar-refractivity contribution in [3.8, 4) is 0 Å². The third-order valence-electron chi connectivity index (χ3n) is 6.85. The zero-order valence-electron chi connectivity index (χ0n) is 24.2. The molecule has 7 nitrogen and oxygen atoms in total. The van der Waals surface area contributed by atoms with Crippen molar-refractivity contribution in [1.29, 1.82) is 0 Å². The minimum absolute atomic E-state index is 0.0449. The Kier molecular flexibility index (Phi) is 9.43. The Labute approximate surface area is 247 Å². The maximum Gasteiger partial charge on any atom is 0.243 e. The van der Waals surface area contributed by atoms with Crippen LogP contribution in [0.15, 0.2) is 102 Å². The molecule has 0 saturated heterocycles. The van der Waals surface area contributed by atoms with Gasteiger partial charge in [-0.15, -0.1) is 0 Å². The first-order valence-corrected chi connectivity index (χ1v) is 15.1. The summed E-state index contributed by atoms with van der Waals surface area (Å²) in [4.78, 5) is 29.0. The van der Waals surface area contributed by atoms with E-state index in [4.69, 9.17) is 0 Å². The smallest absolute Gasteiger partial charge is 0.243 e. The molecule has 0 radical (unpaired) electrons. The average molecular weight is 590 g/mol. The van der Waals surface area contributed by atoms with Gasteiger partial charge in [0, 0.05) is 31.1 Å². The molecular weight excluding hydrogens is 553 g/mol. The molecule has 0 saturated carbocycles. The number of fused-ring (bicyclic) bond motifs is 1. The molecule has 4 aromatic rings. The van der Waals surface area contributed by atoms with E-state index in [9.17, 15) is 22.4 Å². The predicted molar refractivity (Wildman–Crippen MR) is 163 cm³/mol. The Bertz CT molecular complexity index is 1670. The molecule has 9 heteroatoms. The van der Waals surface area contributed by atoms with Gasteiger partial charge in [-0.25, -0.2) is 12.8 Å². The molecule has 0 unspecified atom stereocenters. The summed E-state index contributed by atoms with van der Waals surface area (Å²) in [6.45, 7) is 4.73. The van der Waals surface area contributed by atoms with Gasteiger partial charge in [0.15, 0.2) is 0 Å². The van der Waals surface area contributed by atoms with E-state index in [1.54, 1.807) is 30.3 Å². The standard InChI is InChI=1S/C33H36FN3O4S/c1-33(2,3)35-32(39)30(20-24-12-6-5-7-13-24)37(22-27-16-10-11-17-29(27)34)31(38)23-36(4)42(40,41)28-19-18-25-14-8-9-15-26(25)21-28/h5-19,21,30H,20,22-23H2,1-4H3,(H,35,39)/t30-/m0/s1. The van der Waals surface area contributed by atoms with E-state index in [1.165, 1.54) is 24.1 Å². The summed E-state index contributed by atoms with van der Waals surface area (Å²) in [5, 5.41) is 4.58. The number of amides is 2. The monoisotopic (exact) mass is 589 g/mol. The maximum absolute atomic E-state index is 14.8. The van der Waals surface area contributed by atoms with Gasteiger partial charge in [-0.05, 0) is 55.3 Å². The zero-order chi connectivity index (χ0) is 30.5. The summed E-state index contributed by atoms with van der Waals surface area (Å²) in [5.41, 5.74) is 0.414. The number of hydrogen-bond donors (Lipinski definition) is 1. The molecule has 1 atom stereocenters. The van der Waals surface area contributed by atoms with Gasteiger partial charge in [0.05, 0.1) is 11.4 Å². The maximum atomic E-state index is 14.8.